The molecular formula is C12H17ClN2. The number of halogens is 1. The zero-order valence-electron chi connectivity index (χ0n) is 9.18. The van der Waals surface area contributed by atoms with Gasteiger partial charge in [0, 0.05) is 18.1 Å². The minimum absolute atomic E-state index is 0.663. The Morgan fingerprint density at radius 2 is 1.87 bits per heavy atom. The SMILES string of the molecule is CC(C)C1CNc2ccc(Cl)cc2NC1. The lowest BCUT2D eigenvalue weighted by Crippen LogP contribution is -2.23. The van der Waals surface area contributed by atoms with Gasteiger partial charge in [0.15, 0.2) is 0 Å². The summed E-state index contributed by atoms with van der Waals surface area (Å²) in [6, 6.07) is 5.94. The molecule has 1 atom stereocenters. The van der Waals surface area contributed by atoms with E-state index in [1.807, 2.05) is 18.2 Å². The quantitative estimate of drug-likeness (QED) is 0.764. The van der Waals surface area contributed by atoms with Crippen LogP contribution in [0.25, 0.3) is 0 Å². The van der Waals surface area contributed by atoms with E-state index in [2.05, 4.69) is 24.5 Å². The molecule has 1 aliphatic rings. The number of hydrogen-bond donors (Lipinski definition) is 2. The first kappa shape index (κ1) is 10.6. The topological polar surface area (TPSA) is 24.1 Å². The van der Waals surface area contributed by atoms with Gasteiger partial charge in [-0.1, -0.05) is 25.4 Å². The van der Waals surface area contributed by atoms with Crippen LogP contribution in [0.5, 0.6) is 0 Å². The van der Waals surface area contributed by atoms with Crippen molar-refractivity contribution in [1.82, 2.24) is 0 Å². The van der Waals surface area contributed by atoms with Crippen LogP contribution in [-0.2, 0) is 0 Å². The molecule has 1 heterocycles. The van der Waals surface area contributed by atoms with Crippen molar-refractivity contribution >= 4 is 23.0 Å². The molecule has 2 rings (SSSR count). The maximum atomic E-state index is 5.96. The maximum Gasteiger partial charge on any atom is 0.0591 e. The summed E-state index contributed by atoms with van der Waals surface area (Å²) in [4.78, 5) is 0. The lowest BCUT2D eigenvalue weighted by atomic mass is 9.96. The predicted octanol–water partition coefficient (Wildman–Crippen LogP) is 3.45. The molecule has 82 valence electrons. The number of anilines is 2. The second-order valence-corrected chi connectivity index (χ2v) is 4.89. The van der Waals surface area contributed by atoms with E-state index < -0.39 is 0 Å². The van der Waals surface area contributed by atoms with Crippen LogP contribution in [0.4, 0.5) is 11.4 Å². The zero-order valence-corrected chi connectivity index (χ0v) is 9.93. The van der Waals surface area contributed by atoms with Gasteiger partial charge in [0.05, 0.1) is 11.4 Å². The van der Waals surface area contributed by atoms with Gasteiger partial charge in [-0.15, -0.1) is 0 Å². The summed E-state index contributed by atoms with van der Waals surface area (Å²) in [6.45, 7) is 6.56. The van der Waals surface area contributed by atoms with Crippen LogP contribution in [0.15, 0.2) is 18.2 Å². The number of hydrogen-bond acceptors (Lipinski definition) is 2. The van der Waals surface area contributed by atoms with Gasteiger partial charge < -0.3 is 10.6 Å². The van der Waals surface area contributed by atoms with Crippen LogP contribution in [0.2, 0.25) is 5.02 Å². The highest BCUT2D eigenvalue weighted by molar-refractivity contribution is 6.31. The Morgan fingerprint density at radius 3 is 2.53 bits per heavy atom. The first-order valence-corrected chi connectivity index (χ1v) is 5.82. The predicted molar refractivity (Wildman–Crippen MR) is 66.8 cm³/mol. The molecule has 0 spiro atoms. The molecule has 2 nitrogen and oxygen atoms in total. The van der Waals surface area contributed by atoms with Gasteiger partial charge >= 0.3 is 0 Å². The van der Waals surface area contributed by atoms with Crippen LogP contribution in [0, 0.1) is 11.8 Å². The Bertz CT molecular complexity index is 349. The van der Waals surface area contributed by atoms with Gasteiger partial charge in [0.2, 0.25) is 0 Å². The summed E-state index contributed by atoms with van der Waals surface area (Å²) in [5, 5.41) is 7.70. The van der Waals surface area contributed by atoms with Crippen LogP contribution < -0.4 is 10.6 Å². The van der Waals surface area contributed by atoms with Crippen molar-refractivity contribution in [3.63, 3.8) is 0 Å². The lowest BCUT2D eigenvalue weighted by Gasteiger charge is -2.18. The Kier molecular flexibility index (Phi) is 3.06. The molecule has 0 saturated heterocycles. The highest BCUT2D eigenvalue weighted by Gasteiger charge is 2.17. The van der Waals surface area contributed by atoms with Gasteiger partial charge in [0.1, 0.15) is 0 Å². The molecule has 0 aliphatic carbocycles. The summed E-state index contributed by atoms with van der Waals surface area (Å²) in [6.07, 6.45) is 0. The van der Waals surface area contributed by atoms with Crippen molar-refractivity contribution in [2.75, 3.05) is 23.7 Å². The Balaban J connectivity index is 2.18. The van der Waals surface area contributed by atoms with Crippen LogP contribution in [0.3, 0.4) is 0 Å². The van der Waals surface area contributed by atoms with E-state index in [1.165, 1.54) is 0 Å². The number of fused-ring (bicyclic) bond motifs is 1. The van der Waals surface area contributed by atoms with E-state index in [0.29, 0.717) is 11.8 Å². The van der Waals surface area contributed by atoms with Gasteiger partial charge in [-0.25, -0.2) is 0 Å². The van der Waals surface area contributed by atoms with Gasteiger partial charge in [-0.05, 0) is 30.0 Å². The molecule has 1 unspecified atom stereocenters. The summed E-state index contributed by atoms with van der Waals surface area (Å²) < 4.78 is 0. The van der Waals surface area contributed by atoms with E-state index >= 15 is 0 Å². The third-order valence-corrected chi connectivity index (χ3v) is 3.27. The van der Waals surface area contributed by atoms with Crippen molar-refractivity contribution in [3.05, 3.63) is 23.2 Å². The van der Waals surface area contributed by atoms with E-state index in [9.17, 15) is 0 Å². The fourth-order valence-electron chi connectivity index (χ4n) is 1.84. The molecule has 0 aromatic heterocycles. The molecule has 15 heavy (non-hydrogen) atoms. The summed E-state index contributed by atoms with van der Waals surface area (Å²) in [5.41, 5.74) is 2.27. The molecule has 1 aromatic carbocycles. The van der Waals surface area contributed by atoms with Crippen molar-refractivity contribution in [3.8, 4) is 0 Å². The first-order chi connectivity index (χ1) is 7.16. The maximum absolute atomic E-state index is 5.96. The van der Waals surface area contributed by atoms with E-state index in [-0.39, 0.29) is 0 Å². The third-order valence-electron chi connectivity index (χ3n) is 3.03. The fourth-order valence-corrected chi connectivity index (χ4v) is 2.01. The normalized spacial score (nSPS) is 20.1. The zero-order chi connectivity index (χ0) is 10.8. The average Bonchev–Trinajstić information content (AvgIpc) is 2.39. The van der Waals surface area contributed by atoms with Crippen molar-refractivity contribution < 1.29 is 0 Å². The monoisotopic (exact) mass is 224 g/mol. The summed E-state index contributed by atoms with van der Waals surface area (Å²) >= 11 is 5.96. The average molecular weight is 225 g/mol. The van der Waals surface area contributed by atoms with E-state index in [4.69, 9.17) is 11.6 Å². The van der Waals surface area contributed by atoms with Gasteiger partial charge in [-0.3, -0.25) is 0 Å². The molecule has 0 amide bonds. The standard InChI is InChI=1S/C12H17ClN2/c1-8(2)9-6-14-11-4-3-10(13)5-12(11)15-7-9/h3-5,8-9,14-15H,6-7H2,1-2H3. The fraction of sp³-hybridized carbons (Fsp3) is 0.500. The molecule has 0 radical (unpaired) electrons. The molecule has 1 aromatic rings. The molecule has 0 bridgehead atoms. The second-order valence-electron chi connectivity index (χ2n) is 4.46. The molecule has 0 saturated carbocycles. The van der Waals surface area contributed by atoms with Crippen molar-refractivity contribution in [2.45, 2.75) is 13.8 Å². The summed E-state index contributed by atoms with van der Waals surface area (Å²) in [5.74, 6) is 1.35. The van der Waals surface area contributed by atoms with Gasteiger partial charge in [0.25, 0.3) is 0 Å². The molecule has 0 fully saturated rings. The summed E-state index contributed by atoms with van der Waals surface area (Å²) in [7, 11) is 0. The second kappa shape index (κ2) is 4.31. The highest BCUT2D eigenvalue weighted by atomic mass is 35.5. The molecule has 1 aliphatic heterocycles. The Morgan fingerprint density at radius 1 is 1.20 bits per heavy atom. The lowest BCUT2D eigenvalue weighted by molar-refractivity contribution is 0.426. The van der Waals surface area contributed by atoms with Crippen molar-refractivity contribution in [1.29, 1.82) is 0 Å². The Labute approximate surface area is 96.0 Å². The van der Waals surface area contributed by atoms with Crippen LogP contribution in [-0.4, -0.2) is 13.1 Å². The number of nitrogens with one attached hydrogen (secondary N) is 2. The van der Waals surface area contributed by atoms with E-state index in [0.717, 1.165) is 29.5 Å². The smallest absolute Gasteiger partial charge is 0.0591 e. The Hall–Kier alpha value is -0.890. The molecule has 3 heteroatoms. The van der Waals surface area contributed by atoms with E-state index in [1.54, 1.807) is 0 Å². The molecule has 2 N–H and O–H groups in total. The number of rotatable bonds is 1. The largest absolute Gasteiger partial charge is 0.383 e. The number of benzene rings is 1. The highest BCUT2D eigenvalue weighted by Crippen LogP contribution is 2.29. The molecular weight excluding hydrogens is 208 g/mol. The third kappa shape index (κ3) is 2.37. The van der Waals surface area contributed by atoms with Crippen LogP contribution >= 0.6 is 11.6 Å². The van der Waals surface area contributed by atoms with Crippen LogP contribution in [0.1, 0.15) is 13.8 Å². The van der Waals surface area contributed by atoms with Crippen molar-refractivity contribution in [2.24, 2.45) is 11.8 Å². The van der Waals surface area contributed by atoms with Gasteiger partial charge in [-0.2, -0.15) is 0 Å². The minimum atomic E-state index is 0.663. The minimum Gasteiger partial charge on any atom is -0.383 e. The first-order valence-electron chi connectivity index (χ1n) is 5.44.